The highest BCUT2D eigenvalue weighted by Crippen LogP contribution is 2.39. The van der Waals surface area contributed by atoms with Crippen LogP contribution in [0.5, 0.6) is 0 Å². The van der Waals surface area contributed by atoms with Crippen LogP contribution in [0.2, 0.25) is 5.02 Å². The van der Waals surface area contributed by atoms with Crippen LogP contribution in [-0.4, -0.2) is 16.8 Å². The Kier molecular flexibility index (Phi) is 7.82. The molecular weight excluding hydrogens is 510 g/mol. The fourth-order valence-corrected chi connectivity index (χ4v) is 4.73. The third-order valence-corrected chi connectivity index (χ3v) is 6.65. The summed E-state index contributed by atoms with van der Waals surface area (Å²) in [5.74, 6) is -2.62. The number of aromatic nitrogens is 1. The van der Waals surface area contributed by atoms with E-state index in [9.17, 15) is 27.2 Å². The van der Waals surface area contributed by atoms with Crippen LogP contribution in [0.4, 0.5) is 23.2 Å². The molecule has 1 fully saturated rings. The van der Waals surface area contributed by atoms with Crippen molar-refractivity contribution in [1.29, 1.82) is 0 Å². The Bertz CT molecular complexity index is 1260. The van der Waals surface area contributed by atoms with Crippen LogP contribution < -0.4 is 10.6 Å². The number of hydrogen-bond acceptors (Lipinski definition) is 3. The number of pyridine rings is 1. The molecule has 0 spiro atoms. The molecule has 2 aromatic carbocycles. The van der Waals surface area contributed by atoms with Crippen molar-refractivity contribution in [1.82, 2.24) is 10.3 Å². The van der Waals surface area contributed by atoms with Gasteiger partial charge in [-0.3, -0.25) is 14.6 Å². The highest BCUT2D eigenvalue weighted by molar-refractivity contribution is 6.30. The first-order chi connectivity index (χ1) is 17.6. The number of amides is 2. The Morgan fingerprint density at radius 3 is 2.27 bits per heavy atom. The maximum absolute atomic E-state index is 14.6. The smallest absolute Gasteiger partial charge is 0.340 e. The summed E-state index contributed by atoms with van der Waals surface area (Å²) in [6.45, 7) is 0. The van der Waals surface area contributed by atoms with Gasteiger partial charge in [0.25, 0.3) is 0 Å². The molecule has 1 saturated carbocycles. The summed E-state index contributed by atoms with van der Waals surface area (Å²) in [4.78, 5) is 30.9. The molecule has 5 nitrogen and oxygen atoms in total. The molecule has 0 unspecified atom stereocenters. The van der Waals surface area contributed by atoms with E-state index in [0.717, 1.165) is 25.0 Å². The third-order valence-electron chi connectivity index (χ3n) is 6.43. The summed E-state index contributed by atoms with van der Waals surface area (Å²) in [6, 6.07) is 13.3. The summed E-state index contributed by atoms with van der Waals surface area (Å²) in [7, 11) is 0. The van der Waals surface area contributed by atoms with Gasteiger partial charge in [-0.05, 0) is 60.9 Å². The molecule has 1 aliphatic rings. The molecule has 3 aromatic rings. The van der Waals surface area contributed by atoms with Crippen LogP contribution in [0.3, 0.4) is 0 Å². The number of nitrogens with one attached hydrogen (secondary N) is 2. The summed E-state index contributed by atoms with van der Waals surface area (Å²) >= 11 is 6.00. The van der Waals surface area contributed by atoms with E-state index >= 15 is 0 Å². The highest BCUT2D eigenvalue weighted by atomic mass is 35.5. The van der Waals surface area contributed by atoms with Crippen molar-refractivity contribution in [3.05, 3.63) is 94.5 Å². The monoisotopic (exact) mass is 533 g/mol. The standard InChI is InChI=1S/C27H24ClF4N3O2/c28-20-10-11-23(33-16-20)26(35-25(37)17-6-4-5-7-17,15-24(36)34-22-8-2-1-3-9-22)18-12-19(27(30,31)32)14-21(29)13-18/h1-3,8-14,16-17H,4-7,15H2,(H,34,36)(H,35,37)/t26-/m0/s1. The predicted octanol–water partition coefficient (Wildman–Crippen LogP) is 6.47. The molecule has 194 valence electrons. The molecule has 0 aliphatic heterocycles. The zero-order chi connectivity index (χ0) is 26.6. The molecule has 0 saturated heterocycles. The van der Waals surface area contributed by atoms with E-state index in [4.69, 9.17) is 11.6 Å². The molecule has 0 bridgehead atoms. The highest BCUT2D eigenvalue weighted by Gasteiger charge is 2.43. The lowest BCUT2D eigenvalue weighted by Gasteiger charge is -2.36. The second-order valence-corrected chi connectivity index (χ2v) is 9.49. The molecule has 1 atom stereocenters. The van der Waals surface area contributed by atoms with Gasteiger partial charge in [-0.2, -0.15) is 13.2 Å². The minimum absolute atomic E-state index is 0.0465. The lowest BCUT2D eigenvalue weighted by atomic mass is 9.81. The van der Waals surface area contributed by atoms with Gasteiger partial charge in [0.2, 0.25) is 11.8 Å². The van der Waals surface area contributed by atoms with Gasteiger partial charge in [-0.15, -0.1) is 0 Å². The van der Waals surface area contributed by atoms with Crippen LogP contribution in [0.25, 0.3) is 0 Å². The van der Waals surface area contributed by atoms with Crippen LogP contribution in [-0.2, 0) is 21.3 Å². The first-order valence-corrected chi connectivity index (χ1v) is 12.1. The SMILES string of the molecule is O=C(C[C@](NC(=O)C1CCCC1)(c1cc(F)cc(C(F)(F)F)c1)c1ccc(Cl)cn1)Nc1ccccc1. The number of carbonyl (C=O) groups is 2. The molecule has 1 aromatic heterocycles. The van der Waals surface area contributed by atoms with Gasteiger partial charge in [0.15, 0.2) is 0 Å². The molecule has 1 heterocycles. The number of alkyl halides is 3. The average molecular weight is 534 g/mol. The van der Waals surface area contributed by atoms with Crippen LogP contribution in [0.15, 0.2) is 66.9 Å². The number of carbonyl (C=O) groups excluding carboxylic acids is 2. The van der Waals surface area contributed by atoms with Crippen molar-refractivity contribution in [3.8, 4) is 0 Å². The van der Waals surface area contributed by atoms with E-state index in [2.05, 4.69) is 15.6 Å². The maximum atomic E-state index is 14.6. The fraction of sp³-hybridized carbons (Fsp3) is 0.296. The zero-order valence-corrected chi connectivity index (χ0v) is 20.4. The summed E-state index contributed by atoms with van der Waals surface area (Å²) < 4.78 is 55.7. The minimum atomic E-state index is -4.86. The molecule has 1 aliphatic carbocycles. The summed E-state index contributed by atoms with van der Waals surface area (Å²) in [5, 5.41) is 5.74. The number of rotatable bonds is 7. The van der Waals surface area contributed by atoms with Gasteiger partial charge in [0.05, 0.1) is 22.7 Å². The van der Waals surface area contributed by atoms with E-state index < -0.39 is 41.3 Å². The topological polar surface area (TPSA) is 71.1 Å². The van der Waals surface area contributed by atoms with E-state index in [-0.39, 0.29) is 22.2 Å². The maximum Gasteiger partial charge on any atom is 0.416 e. The van der Waals surface area contributed by atoms with Crippen molar-refractivity contribution in [2.75, 3.05) is 5.32 Å². The van der Waals surface area contributed by atoms with Crippen molar-refractivity contribution in [2.45, 2.75) is 43.8 Å². The molecule has 0 radical (unpaired) electrons. The largest absolute Gasteiger partial charge is 0.416 e. The number of benzene rings is 2. The number of nitrogens with zero attached hydrogens (tertiary/aromatic N) is 1. The lowest BCUT2D eigenvalue weighted by Crippen LogP contribution is -2.51. The van der Waals surface area contributed by atoms with Crippen molar-refractivity contribution >= 4 is 29.1 Å². The molecule has 2 N–H and O–H groups in total. The predicted molar refractivity (Wildman–Crippen MR) is 131 cm³/mol. The Labute approximate surface area is 216 Å². The van der Waals surface area contributed by atoms with Crippen molar-refractivity contribution in [2.24, 2.45) is 5.92 Å². The van der Waals surface area contributed by atoms with E-state index in [1.165, 1.54) is 18.3 Å². The van der Waals surface area contributed by atoms with E-state index in [1.54, 1.807) is 30.3 Å². The van der Waals surface area contributed by atoms with Gasteiger partial charge in [-0.25, -0.2) is 4.39 Å². The van der Waals surface area contributed by atoms with Crippen molar-refractivity contribution < 1.29 is 27.2 Å². The number of anilines is 1. The van der Waals surface area contributed by atoms with Gasteiger partial charge in [0, 0.05) is 17.8 Å². The van der Waals surface area contributed by atoms with Gasteiger partial charge >= 0.3 is 6.18 Å². The van der Waals surface area contributed by atoms with Crippen LogP contribution in [0.1, 0.15) is 48.9 Å². The van der Waals surface area contributed by atoms with Crippen LogP contribution in [0, 0.1) is 11.7 Å². The van der Waals surface area contributed by atoms with Gasteiger partial charge in [-0.1, -0.05) is 42.6 Å². The van der Waals surface area contributed by atoms with E-state index in [1.807, 2.05) is 0 Å². The Balaban J connectivity index is 1.87. The third kappa shape index (κ3) is 6.28. The Hall–Kier alpha value is -3.46. The summed E-state index contributed by atoms with van der Waals surface area (Å²) in [6.07, 6.45) is -1.29. The normalized spacial score (nSPS) is 15.7. The van der Waals surface area contributed by atoms with Crippen LogP contribution >= 0.6 is 11.6 Å². The van der Waals surface area contributed by atoms with E-state index in [0.29, 0.717) is 24.6 Å². The van der Waals surface area contributed by atoms with Gasteiger partial charge < -0.3 is 10.6 Å². The average Bonchev–Trinajstić information content (AvgIpc) is 3.39. The molecule has 37 heavy (non-hydrogen) atoms. The minimum Gasteiger partial charge on any atom is -0.340 e. The molecule has 10 heteroatoms. The Morgan fingerprint density at radius 2 is 1.65 bits per heavy atom. The quantitative estimate of drug-likeness (QED) is 0.342. The molecule has 4 rings (SSSR count). The molecule has 2 amide bonds. The second-order valence-electron chi connectivity index (χ2n) is 9.05. The van der Waals surface area contributed by atoms with Crippen molar-refractivity contribution in [3.63, 3.8) is 0 Å². The zero-order valence-electron chi connectivity index (χ0n) is 19.6. The number of halogens is 5. The second kappa shape index (κ2) is 10.9. The molecular formula is C27H24ClF4N3O2. The fourth-order valence-electron chi connectivity index (χ4n) is 4.62. The van der Waals surface area contributed by atoms with Gasteiger partial charge in [0.1, 0.15) is 11.4 Å². The lowest BCUT2D eigenvalue weighted by molar-refractivity contribution is -0.137. The Morgan fingerprint density at radius 1 is 0.973 bits per heavy atom. The number of hydrogen-bond donors (Lipinski definition) is 2. The number of para-hydroxylation sites is 1. The summed E-state index contributed by atoms with van der Waals surface area (Å²) in [5.41, 5.74) is -2.93. The first kappa shape index (κ1) is 26.6. The first-order valence-electron chi connectivity index (χ1n) is 11.7.